The van der Waals surface area contributed by atoms with Gasteiger partial charge in [0.15, 0.2) is 0 Å². The minimum absolute atomic E-state index is 0.0431. The molecule has 3 rings (SSSR count). The topological polar surface area (TPSA) is 69.6 Å². The fourth-order valence-electron chi connectivity index (χ4n) is 3.19. The largest absolute Gasteiger partial charge is 0.480 e. The molecule has 0 aromatic heterocycles. The summed E-state index contributed by atoms with van der Waals surface area (Å²) in [6.07, 6.45) is 1.73. The van der Waals surface area contributed by atoms with Gasteiger partial charge in [-0.05, 0) is 24.5 Å². The number of amides is 1. The van der Waals surface area contributed by atoms with Gasteiger partial charge in [0.2, 0.25) is 5.91 Å². The lowest BCUT2D eigenvalue weighted by Gasteiger charge is -2.23. The first-order chi connectivity index (χ1) is 9.66. The number of carbonyl (C=O) groups is 2. The van der Waals surface area contributed by atoms with Gasteiger partial charge in [-0.1, -0.05) is 18.2 Å². The first kappa shape index (κ1) is 13.0. The van der Waals surface area contributed by atoms with Gasteiger partial charge in [-0.3, -0.25) is 4.79 Å². The van der Waals surface area contributed by atoms with Gasteiger partial charge < -0.3 is 15.3 Å². The summed E-state index contributed by atoms with van der Waals surface area (Å²) in [5, 5.41) is 12.4. The summed E-state index contributed by atoms with van der Waals surface area (Å²) in [6, 6.07) is 7.35. The molecule has 1 aromatic carbocycles. The normalized spacial score (nSPS) is 24.3. The van der Waals surface area contributed by atoms with Crippen LogP contribution in [0.2, 0.25) is 0 Å². The fourth-order valence-corrected chi connectivity index (χ4v) is 3.19. The van der Waals surface area contributed by atoms with E-state index in [2.05, 4.69) is 5.32 Å². The molecule has 2 heterocycles. The second-order valence-electron chi connectivity index (χ2n) is 5.45. The van der Waals surface area contributed by atoms with Crippen LogP contribution in [-0.2, 0) is 9.59 Å². The molecule has 0 aliphatic carbocycles. The average molecular weight is 274 g/mol. The number of carboxylic acids is 1. The Morgan fingerprint density at radius 3 is 2.95 bits per heavy atom. The van der Waals surface area contributed by atoms with Crippen molar-refractivity contribution in [3.05, 3.63) is 29.8 Å². The van der Waals surface area contributed by atoms with Crippen LogP contribution < -0.4 is 5.32 Å². The summed E-state index contributed by atoms with van der Waals surface area (Å²) in [7, 11) is 0. The molecule has 2 N–H and O–H groups in total. The first-order valence-electron chi connectivity index (χ1n) is 7.02. The van der Waals surface area contributed by atoms with Crippen LogP contribution in [0.3, 0.4) is 0 Å². The second kappa shape index (κ2) is 5.15. The maximum atomic E-state index is 12.4. The lowest BCUT2D eigenvalue weighted by Crippen LogP contribution is -2.41. The standard InChI is InChI=1S/C15H18N2O3/c18-14(17-7-3-6-13(17)15(19)20)8-10-9-16-12-5-2-1-4-11(10)12/h1-2,4-5,10,13,16H,3,6-9H2,(H,19,20)/t10?,13-/m1/s1. The van der Waals surface area contributed by atoms with Crippen molar-refractivity contribution in [2.45, 2.75) is 31.2 Å². The van der Waals surface area contributed by atoms with Crippen LogP contribution in [0.15, 0.2) is 24.3 Å². The molecule has 0 saturated carbocycles. The van der Waals surface area contributed by atoms with Gasteiger partial charge in [0.25, 0.3) is 0 Å². The molecule has 1 aromatic rings. The molecule has 106 valence electrons. The third-order valence-corrected chi connectivity index (χ3v) is 4.22. The average Bonchev–Trinajstić information content (AvgIpc) is 3.06. The van der Waals surface area contributed by atoms with Crippen LogP contribution in [0, 0.1) is 0 Å². The molecule has 20 heavy (non-hydrogen) atoms. The number of nitrogens with zero attached hydrogens (tertiary/aromatic N) is 1. The molecule has 5 nitrogen and oxygen atoms in total. The summed E-state index contributed by atoms with van der Waals surface area (Å²) in [5.74, 6) is -0.784. The molecule has 2 aliphatic heterocycles. The van der Waals surface area contributed by atoms with Crippen molar-refractivity contribution in [1.29, 1.82) is 0 Å². The van der Waals surface area contributed by atoms with E-state index >= 15 is 0 Å². The highest BCUT2D eigenvalue weighted by Crippen LogP contribution is 2.34. The Hall–Kier alpha value is -2.04. The second-order valence-corrected chi connectivity index (χ2v) is 5.45. The Labute approximate surface area is 117 Å². The van der Waals surface area contributed by atoms with E-state index in [0.717, 1.165) is 24.2 Å². The number of hydrogen-bond acceptors (Lipinski definition) is 3. The molecule has 0 spiro atoms. The van der Waals surface area contributed by atoms with E-state index in [-0.39, 0.29) is 11.8 Å². The van der Waals surface area contributed by atoms with Gasteiger partial charge in [-0.15, -0.1) is 0 Å². The number of aliphatic carboxylic acids is 1. The monoisotopic (exact) mass is 274 g/mol. The van der Waals surface area contributed by atoms with Crippen molar-refractivity contribution in [1.82, 2.24) is 4.90 Å². The van der Waals surface area contributed by atoms with E-state index in [9.17, 15) is 9.59 Å². The SMILES string of the molecule is O=C(O)[C@H]1CCCN1C(=O)CC1CNc2ccccc21. The van der Waals surface area contributed by atoms with Gasteiger partial charge in [0, 0.05) is 31.1 Å². The lowest BCUT2D eigenvalue weighted by atomic mass is 9.97. The highest BCUT2D eigenvalue weighted by molar-refractivity contribution is 5.85. The van der Waals surface area contributed by atoms with Crippen LogP contribution >= 0.6 is 0 Å². The van der Waals surface area contributed by atoms with Crippen molar-refractivity contribution in [3.63, 3.8) is 0 Å². The van der Waals surface area contributed by atoms with Gasteiger partial charge in [-0.25, -0.2) is 4.79 Å². The minimum Gasteiger partial charge on any atom is -0.480 e. The predicted molar refractivity (Wildman–Crippen MR) is 74.7 cm³/mol. The first-order valence-corrected chi connectivity index (χ1v) is 7.02. The van der Waals surface area contributed by atoms with Crippen molar-refractivity contribution >= 4 is 17.6 Å². The zero-order chi connectivity index (χ0) is 14.1. The van der Waals surface area contributed by atoms with E-state index in [1.807, 2.05) is 24.3 Å². The van der Waals surface area contributed by atoms with Crippen LogP contribution in [0.4, 0.5) is 5.69 Å². The maximum absolute atomic E-state index is 12.4. The number of carboxylic acid groups (broad SMARTS) is 1. The number of fused-ring (bicyclic) bond motifs is 1. The van der Waals surface area contributed by atoms with E-state index in [4.69, 9.17) is 5.11 Å². The van der Waals surface area contributed by atoms with Crippen molar-refractivity contribution < 1.29 is 14.7 Å². The quantitative estimate of drug-likeness (QED) is 0.879. The summed E-state index contributed by atoms with van der Waals surface area (Å²) in [5.41, 5.74) is 2.24. The zero-order valence-corrected chi connectivity index (χ0v) is 11.2. The number of hydrogen-bond donors (Lipinski definition) is 2. The number of para-hydroxylation sites is 1. The number of benzene rings is 1. The number of nitrogens with one attached hydrogen (secondary N) is 1. The molecule has 1 unspecified atom stereocenters. The van der Waals surface area contributed by atoms with E-state index in [0.29, 0.717) is 19.4 Å². The van der Waals surface area contributed by atoms with Crippen LogP contribution in [0.1, 0.15) is 30.7 Å². The van der Waals surface area contributed by atoms with Gasteiger partial charge in [-0.2, -0.15) is 0 Å². The number of anilines is 1. The minimum atomic E-state index is -0.888. The van der Waals surface area contributed by atoms with Gasteiger partial charge in [0.1, 0.15) is 6.04 Å². The Bertz CT molecular complexity index is 544. The highest BCUT2D eigenvalue weighted by atomic mass is 16.4. The molecule has 1 fully saturated rings. The molecular weight excluding hydrogens is 256 g/mol. The third-order valence-electron chi connectivity index (χ3n) is 4.22. The molecular formula is C15H18N2O3. The Morgan fingerprint density at radius 2 is 2.15 bits per heavy atom. The Kier molecular flexibility index (Phi) is 3.34. The lowest BCUT2D eigenvalue weighted by molar-refractivity contribution is -0.148. The molecule has 2 atom stereocenters. The number of rotatable bonds is 3. The summed E-state index contributed by atoms with van der Waals surface area (Å²) in [6.45, 7) is 1.31. The smallest absolute Gasteiger partial charge is 0.326 e. The van der Waals surface area contributed by atoms with E-state index in [1.54, 1.807) is 0 Å². The summed E-state index contributed by atoms with van der Waals surface area (Å²) in [4.78, 5) is 25.0. The van der Waals surface area contributed by atoms with Gasteiger partial charge >= 0.3 is 5.97 Å². The van der Waals surface area contributed by atoms with Crippen molar-refractivity contribution in [2.75, 3.05) is 18.4 Å². The maximum Gasteiger partial charge on any atom is 0.326 e. The highest BCUT2D eigenvalue weighted by Gasteiger charge is 2.35. The molecule has 1 amide bonds. The summed E-state index contributed by atoms with van der Waals surface area (Å²) >= 11 is 0. The third kappa shape index (κ3) is 2.24. The molecule has 0 bridgehead atoms. The Balaban J connectivity index is 1.70. The van der Waals surface area contributed by atoms with Crippen LogP contribution in [0.5, 0.6) is 0 Å². The number of likely N-dealkylation sites (tertiary alicyclic amines) is 1. The van der Waals surface area contributed by atoms with Crippen molar-refractivity contribution in [3.8, 4) is 0 Å². The Morgan fingerprint density at radius 1 is 1.35 bits per heavy atom. The van der Waals surface area contributed by atoms with Gasteiger partial charge in [0.05, 0.1) is 0 Å². The van der Waals surface area contributed by atoms with Crippen molar-refractivity contribution in [2.24, 2.45) is 0 Å². The summed E-state index contributed by atoms with van der Waals surface area (Å²) < 4.78 is 0. The molecule has 5 heteroatoms. The van der Waals surface area contributed by atoms with E-state index in [1.165, 1.54) is 4.90 Å². The zero-order valence-electron chi connectivity index (χ0n) is 11.2. The van der Waals surface area contributed by atoms with E-state index < -0.39 is 12.0 Å². The fraction of sp³-hybridized carbons (Fsp3) is 0.467. The molecule has 0 radical (unpaired) electrons. The number of carbonyl (C=O) groups excluding carboxylic acids is 1. The molecule has 1 saturated heterocycles. The predicted octanol–water partition coefficient (Wildman–Crippen LogP) is 1.66. The molecule has 2 aliphatic rings. The van der Waals surface area contributed by atoms with Crippen LogP contribution in [0.25, 0.3) is 0 Å². The van der Waals surface area contributed by atoms with Crippen LogP contribution in [-0.4, -0.2) is 41.0 Å².